The third-order valence-corrected chi connectivity index (χ3v) is 7.64. The first-order valence-corrected chi connectivity index (χ1v) is 11.5. The molecule has 4 aromatic rings. The van der Waals surface area contributed by atoms with E-state index in [1.807, 2.05) is 16.8 Å². The molecule has 1 saturated carbocycles. The van der Waals surface area contributed by atoms with Crippen molar-refractivity contribution in [1.82, 2.24) is 19.5 Å². The summed E-state index contributed by atoms with van der Waals surface area (Å²) in [7, 11) is 0. The monoisotopic (exact) mass is 444 g/mol. The molecule has 8 nitrogen and oxygen atoms in total. The number of aliphatic hydroxyl groups excluding tert-OH is 2. The van der Waals surface area contributed by atoms with Crippen LogP contribution in [0.25, 0.3) is 21.9 Å². The SMILES string of the molecule is C[C@]1(CCc2ccc3cc4c(nc3c2)NCC4)C[C@@H](n2ccc3c(N)ncnc32)[C@H](O)[C@@H]1O. The summed E-state index contributed by atoms with van der Waals surface area (Å²) in [6, 6.07) is 10.3. The number of aromatic nitrogens is 4. The van der Waals surface area contributed by atoms with E-state index in [-0.39, 0.29) is 6.04 Å². The molecule has 0 amide bonds. The van der Waals surface area contributed by atoms with E-state index in [4.69, 9.17) is 10.7 Å². The van der Waals surface area contributed by atoms with Gasteiger partial charge in [0.05, 0.1) is 23.0 Å². The van der Waals surface area contributed by atoms with Crippen molar-refractivity contribution in [2.75, 3.05) is 17.6 Å². The van der Waals surface area contributed by atoms with Crippen molar-refractivity contribution < 1.29 is 10.2 Å². The van der Waals surface area contributed by atoms with Crippen LogP contribution >= 0.6 is 0 Å². The Morgan fingerprint density at radius 1 is 1.21 bits per heavy atom. The lowest BCUT2D eigenvalue weighted by Gasteiger charge is -2.28. The van der Waals surface area contributed by atoms with Gasteiger partial charge in [0, 0.05) is 18.1 Å². The minimum atomic E-state index is -0.881. The molecule has 4 heterocycles. The van der Waals surface area contributed by atoms with Crippen molar-refractivity contribution in [2.24, 2.45) is 5.41 Å². The topological polar surface area (TPSA) is 122 Å². The van der Waals surface area contributed by atoms with Gasteiger partial charge in [-0.3, -0.25) is 0 Å². The highest BCUT2D eigenvalue weighted by atomic mass is 16.3. The Balaban J connectivity index is 1.24. The lowest BCUT2D eigenvalue weighted by molar-refractivity contribution is -0.0241. The number of fused-ring (bicyclic) bond motifs is 3. The number of rotatable bonds is 4. The molecule has 4 atom stereocenters. The van der Waals surface area contributed by atoms with Gasteiger partial charge in [-0.1, -0.05) is 19.1 Å². The second-order valence-corrected chi connectivity index (χ2v) is 9.78. The number of hydrogen-bond donors (Lipinski definition) is 4. The van der Waals surface area contributed by atoms with Crippen LogP contribution in [0, 0.1) is 5.41 Å². The molecule has 0 spiro atoms. The summed E-state index contributed by atoms with van der Waals surface area (Å²) in [5, 5.41) is 27.3. The van der Waals surface area contributed by atoms with E-state index in [9.17, 15) is 10.2 Å². The summed E-state index contributed by atoms with van der Waals surface area (Å²) >= 11 is 0. The second kappa shape index (κ2) is 7.40. The maximum atomic E-state index is 11.0. The highest BCUT2D eigenvalue weighted by Gasteiger charge is 2.50. The largest absolute Gasteiger partial charge is 0.390 e. The number of nitrogens with two attached hydrogens (primary N) is 1. The summed E-state index contributed by atoms with van der Waals surface area (Å²) < 4.78 is 1.93. The highest BCUT2D eigenvalue weighted by molar-refractivity contribution is 5.86. The molecule has 3 aromatic heterocycles. The first-order valence-electron chi connectivity index (χ1n) is 11.5. The number of pyridine rings is 1. The van der Waals surface area contributed by atoms with Crippen LogP contribution in [0.4, 0.5) is 11.6 Å². The fourth-order valence-electron chi connectivity index (χ4n) is 5.61. The molecule has 170 valence electrons. The predicted molar refractivity (Wildman–Crippen MR) is 128 cm³/mol. The molecular weight excluding hydrogens is 416 g/mol. The molecule has 0 saturated heterocycles. The summed E-state index contributed by atoms with van der Waals surface area (Å²) in [4.78, 5) is 13.2. The smallest absolute Gasteiger partial charge is 0.145 e. The second-order valence-electron chi connectivity index (χ2n) is 9.78. The van der Waals surface area contributed by atoms with Crippen LogP contribution in [-0.2, 0) is 12.8 Å². The Morgan fingerprint density at radius 3 is 2.97 bits per heavy atom. The van der Waals surface area contributed by atoms with Gasteiger partial charge >= 0.3 is 0 Å². The molecule has 2 aliphatic rings. The van der Waals surface area contributed by atoms with Crippen molar-refractivity contribution in [2.45, 2.75) is 50.9 Å². The number of nitrogen functional groups attached to an aromatic ring is 1. The van der Waals surface area contributed by atoms with Gasteiger partial charge in [0.1, 0.15) is 29.7 Å². The molecule has 33 heavy (non-hydrogen) atoms. The number of aryl methyl sites for hydroxylation is 1. The van der Waals surface area contributed by atoms with Gasteiger partial charge in [-0.2, -0.15) is 0 Å². The molecule has 8 heteroatoms. The third-order valence-electron chi connectivity index (χ3n) is 7.64. The van der Waals surface area contributed by atoms with Crippen molar-refractivity contribution in [3.63, 3.8) is 0 Å². The van der Waals surface area contributed by atoms with E-state index < -0.39 is 17.6 Å². The van der Waals surface area contributed by atoms with E-state index in [2.05, 4.69) is 46.5 Å². The van der Waals surface area contributed by atoms with Crippen LogP contribution in [0.15, 0.2) is 42.9 Å². The van der Waals surface area contributed by atoms with Gasteiger partial charge < -0.3 is 25.8 Å². The third kappa shape index (κ3) is 3.24. The van der Waals surface area contributed by atoms with Crippen molar-refractivity contribution >= 4 is 33.6 Å². The zero-order valence-electron chi connectivity index (χ0n) is 18.6. The Bertz CT molecular complexity index is 1370. The zero-order chi connectivity index (χ0) is 22.7. The average molecular weight is 445 g/mol. The minimum absolute atomic E-state index is 0.274. The minimum Gasteiger partial charge on any atom is -0.390 e. The normalized spacial score (nSPS) is 26.7. The zero-order valence-corrected chi connectivity index (χ0v) is 18.6. The van der Waals surface area contributed by atoms with Crippen LogP contribution in [0.3, 0.4) is 0 Å². The first kappa shape index (κ1) is 20.4. The molecule has 1 aliphatic heterocycles. The maximum absolute atomic E-state index is 11.0. The standard InChI is InChI=1S/C25H28N6O2/c1-25(7-4-14-2-3-15-11-16-5-8-27-23(16)30-18(15)10-14)12-19(20(32)21(25)33)31-9-6-17-22(26)28-13-29-24(17)31/h2-3,6,9-11,13,19-21,32-33H,4-5,7-8,12H2,1H3,(H,27,30)(H2,26,28,29)/t19-,20+,21+,25+/m1/s1. The summed E-state index contributed by atoms with van der Waals surface area (Å²) in [5.41, 5.74) is 9.69. The molecular formula is C25H28N6O2. The van der Waals surface area contributed by atoms with E-state index in [1.165, 1.54) is 17.5 Å². The Hall–Kier alpha value is -3.23. The molecule has 0 unspecified atom stereocenters. The van der Waals surface area contributed by atoms with Gasteiger partial charge in [-0.15, -0.1) is 0 Å². The van der Waals surface area contributed by atoms with Crippen molar-refractivity contribution in [1.29, 1.82) is 0 Å². The van der Waals surface area contributed by atoms with Gasteiger partial charge in [0.15, 0.2) is 0 Å². The van der Waals surface area contributed by atoms with Crippen LogP contribution in [0.1, 0.15) is 36.9 Å². The number of benzene rings is 1. The molecule has 0 bridgehead atoms. The molecule has 0 radical (unpaired) electrons. The van der Waals surface area contributed by atoms with E-state index >= 15 is 0 Å². The molecule has 5 N–H and O–H groups in total. The lowest BCUT2D eigenvalue weighted by atomic mass is 9.80. The Morgan fingerprint density at radius 2 is 2.09 bits per heavy atom. The lowest BCUT2D eigenvalue weighted by Crippen LogP contribution is -2.35. The first-order chi connectivity index (χ1) is 15.9. The van der Waals surface area contributed by atoms with Gasteiger partial charge in [-0.05, 0) is 60.4 Å². The summed E-state index contributed by atoms with van der Waals surface area (Å²) in [6.45, 7) is 3.01. The van der Waals surface area contributed by atoms with E-state index in [0.717, 1.165) is 47.9 Å². The average Bonchev–Trinajstić information content (AvgIpc) is 3.50. The molecule has 1 aliphatic carbocycles. The van der Waals surface area contributed by atoms with Gasteiger partial charge in [-0.25, -0.2) is 15.0 Å². The Labute approximate surface area is 191 Å². The fourth-order valence-corrected chi connectivity index (χ4v) is 5.61. The number of nitrogens with zero attached hydrogens (tertiary/aromatic N) is 4. The van der Waals surface area contributed by atoms with Crippen molar-refractivity contribution in [3.8, 4) is 0 Å². The fraction of sp³-hybridized carbons (Fsp3) is 0.400. The predicted octanol–water partition coefficient (Wildman–Crippen LogP) is 2.84. The molecule has 1 aromatic carbocycles. The number of hydrogen-bond acceptors (Lipinski definition) is 7. The van der Waals surface area contributed by atoms with Crippen LogP contribution < -0.4 is 11.1 Å². The molecule has 1 fully saturated rings. The highest BCUT2D eigenvalue weighted by Crippen LogP contribution is 2.48. The maximum Gasteiger partial charge on any atom is 0.145 e. The Kier molecular flexibility index (Phi) is 4.57. The van der Waals surface area contributed by atoms with Crippen LogP contribution in [-0.4, -0.2) is 48.5 Å². The quantitative estimate of drug-likeness (QED) is 0.382. The van der Waals surface area contributed by atoms with Crippen molar-refractivity contribution in [3.05, 3.63) is 54.0 Å². The molecule has 6 rings (SSSR count). The number of aliphatic hydroxyl groups is 2. The van der Waals surface area contributed by atoms with Crippen LogP contribution in [0.2, 0.25) is 0 Å². The van der Waals surface area contributed by atoms with Gasteiger partial charge in [0.25, 0.3) is 0 Å². The number of anilines is 2. The van der Waals surface area contributed by atoms with Crippen LogP contribution in [0.5, 0.6) is 0 Å². The van der Waals surface area contributed by atoms with Gasteiger partial charge in [0.2, 0.25) is 0 Å². The van der Waals surface area contributed by atoms with E-state index in [1.54, 1.807) is 0 Å². The number of nitrogens with one attached hydrogen (secondary N) is 1. The van der Waals surface area contributed by atoms with E-state index in [0.29, 0.717) is 17.9 Å². The summed E-state index contributed by atoms with van der Waals surface area (Å²) in [5.74, 6) is 1.41. The summed E-state index contributed by atoms with van der Waals surface area (Å²) in [6.07, 6.45) is 4.83.